The van der Waals surface area contributed by atoms with Gasteiger partial charge in [-0.15, -0.1) is 0 Å². The van der Waals surface area contributed by atoms with Crippen molar-refractivity contribution in [1.29, 1.82) is 0 Å². The first-order valence-corrected chi connectivity index (χ1v) is 8.73. The average Bonchev–Trinajstić information content (AvgIpc) is 3.16. The van der Waals surface area contributed by atoms with Crippen LogP contribution in [0.15, 0.2) is 6.20 Å². The number of rotatable bonds is 4. The molecule has 1 saturated heterocycles. The normalized spacial score (nSPS) is 20.7. The second kappa shape index (κ2) is 6.72. The first kappa shape index (κ1) is 16.0. The number of hydrogen-bond acceptors (Lipinski definition) is 3. The molecule has 0 bridgehead atoms. The number of aromatic nitrogens is 2. The Kier molecular flexibility index (Phi) is 4.68. The van der Waals surface area contributed by atoms with Crippen LogP contribution in [0.2, 0.25) is 0 Å². The van der Waals surface area contributed by atoms with E-state index in [4.69, 9.17) is 0 Å². The van der Waals surface area contributed by atoms with Crippen LogP contribution in [0.25, 0.3) is 0 Å². The standard InChI is InChI=1S/C17H26N4O2/c1-3-6-15(22)21-10-9-20-12-14(18-17(20)13(21)2)11-16(23)19-7-4-5-8-19/h12-13H,3-11H2,1-2H3/t13-/m0/s1. The number of imidazole rings is 1. The van der Waals surface area contributed by atoms with Gasteiger partial charge in [-0.3, -0.25) is 9.59 Å². The maximum atomic E-state index is 12.3. The lowest BCUT2D eigenvalue weighted by Gasteiger charge is -2.33. The smallest absolute Gasteiger partial charge is 0.228 e. The lowest BCUT2D eigenvalue weighted by molar-refractivity contribution is -0.134. The maximum Gasteiger partial charge on any atom is 0.228 e. The molecule has 2 aliphatic heterocycles. The van der Waals surface area contributed by atoms with Crippen molar-refractivity contribution in [3.8, 4) is 0 Å². The summed E-state index contributed by atoms with van der Waals surface area (Å²) >= 11 is 0. The second-order valence-corrected chi connectivity index (χ2v) is 6.56. The molecule has 1 atom stereocenters. The third kappa shape index (κ3) is 3.26. The van der Waals surface area contributed by atoms with Gasteiger partial charge in [0.2, 0.25) is 11.8 Å². The predicted octanol–water partition coefficient (Wildman–Crippen LogP) is 1.75. The lowest BCUT2D eigenvalue weighted by Crippen LogP contribution is -2.40. The van der Waals surface area contributed by atoms with Crippen LogP contribution >= 0.6 is 0 Å². The van der Waals surface area contributed by atoms with E-state index in [0.29, 0.717) is 12.8 Å². The molecule has 2 aliphatic rings. The van der Waals surface area contributed by atoms with Crippen molar-refractivity contribution in [3.05, 3.63) is 17.7 Å². The average molecular weight is 318 g/mol. The van der Waals surface area contributed by atoms with Crippen molar-refractivity contribution in [3.63, 3.8) is 0 Å². The molecule has 0 aromatic carbocycles. The molecule has 0 N–H and O–H groups in total. The van der Waals surface area contributed by atoms with Crippen LogP contribution in [0.1, 0.15) is 57.1 Å². The summed E-state index contributed by atoms with van der Waals surface area (Å²) in [5.74, 6) is 1.28. The van der Waals surface area contributed by atoms with E-state index in [1.54, 1.807) is 0 Å². The Morgan fingerprint density at radius 2 is 1.91 bits per heavy atom. The van der Waals surface area contributed by atoms with E-state index >= 15 is 0 Å². The zero-order chi connectivity index (χ0) is 16.4. The van der Waals surface area contributed by atoms with Gasteiger partial charge in [0.05, 0.1) is 18.2 Å². The van der Waals surface area contributed by atoms with Gasteiger partial charge in [-0.25, -0.2) is 4.98 Å². The molecule has 1 aromatic heterocycles. The van der Waals surface area contributed by atoms with Gasteiger partial charge in [-0.1, -0.05) is 6.92 Å². The number of likely N-dealkylation sites (tertiary alicyclic amines) is 1. The molecular weight excluding hydrogens is 292 g/mol. The van der Waals surface area contributed by atoms with Gasteiger partial charge >= 0.3 is 0 Å². The van der Waals surface area contributed by atoms with Gasteiger partial charge in [-0.05, 0) is 26.2 Å². The summed E-state index contributed by atoms with van der Waals surface area (Å²) in [4.78, 5) is 33.0. The van der Waals surface area contributed by atoms with Gasteiger partial charge in [0.15, 0.2) is 0 Å². The number of nitrogens with zero attached hydrogens (tertiary/aromatic N) is 4. The van der Waals surface area contributed by atoms with Gasteiger partial charge in [0.1, 0.15) is 5.82 Å². The van der Waals surface area contributed by atoms with Crippen molar-refractivity contribution in [2.24, 2.45) is 0 Å². The number of amides is 2. The minimum atomic E-state index is -0.0153. The fourth-order valence-corrected chi connectivity index (χ4v) is 3.56. The van der Waals surface area contributed by atoms with E-state index in [2.05, 4.69) is 9.55 Å². The molecule has 0 aliphatic carbocycles. The third-order valence-corrected chi connectivity index (χ3v) is 4.86. The first-order chi connectivity index (χ1) is 11.1. The minimum Gasteiger partial charge on any atom is -0.342 e. The molecule has 0 radical (unpaired) electrons. The number of hydrogen-bond donors (Lipinski definition) is 0. The Morgan fingerprint density at radius 1 is 1.17 bits per heavy atom. The summed E-state index contributed by atoms with van der Waals surface area (Å²) in [6, 6.07) is -0.0153. The number of fused-ring (bicyclic) bond motifs is 1. The van der Waals surface area contributed by atoms with Crippen molar-refractivity contribution < 1.29 is 9.59 Å². The van der Waals surface area contributed by atoms with Gasteiger partial charge in [-0.2, -0.15) is 0 Å². The van der Waals surface area contributed by atoms with Gasteiger partial charge in [0, 0.05) is 38.8 Å². The Bertz CT molecular complexity index is 589. The Balaban J connectivity index is 1.70. The Hall–Kier alpha value is -1.85. The summed E-state index contributed by atoms with van der Waals surface area (Å²) < 4.78 is 2.10. The third-order valence-electron chi connectivity index (χ3n) is 4.86. The minimum absolute atomic E-state index is 0.0153. The van der Waals surface area contributed by atoms with Crippen LogP contribution in [0.5, 0.6) is 0 Å². The molecule has 6 heteroatoms. The van der Waals surface area contributed by atoms with E-state index in [1.165, 1.54) is 0 Å². The highest BCUT2D eigenvalue weighted by molar-refractivity contribution is 5.78. The number of carbonyl (C=O) groups excluding carboxylic acids is 2. The van der Waals surface area contributed by atoms with Crippen molar-refractivity contribution in [2.75, 3.05) is 19.6 Å². The van der Waals surface area contributed by atoms with Crippen molar-refractivity contribution in [2.45, 2.75) is 58.5 Å². The van der Waals surface area contributed by atoms with Crippen molar-refractivity contribution >= 4 is 11.8 Å². The van der Waals surface area contributed by atoms with Gasteiger partial charge < -0.3 is 14.4 Å². The molecule has 23 heavy (non-hydrogen) atoms. The zero-order valence-electron chi connectivity index (χ0n) is 14.1. The molecule has 1 fully saturated rings. The molecular formula is C17H26N4O2. The van der Waals surface area contributed by atoms with E-state index in [9.17, 15) is 9.59 Å². The predicted molar refractivity (Wildman–Crippen MR) is 86.8 cm³/mol. The fraction of sp³-hybridized carbons (Fsp3) is 0.706. The molecule has 1 aromatic rings. The monoisotopic (exact) mass is 318 g/mol. The molecule has 2 amide bonds. The summed E-state index contributed by atoms with van der Waals surface area (Å²) in [6.45, 7) is 7.29. The lowest BCUT2D eigenvalue weighted by atomic mass is 10.2. The van der Waals surface area contributed by atoms with E-state index < -0.39 is 0 Å². The molecule has 0 unspecified atom stereocenters. The van der Waals surface area contributed by atoms with Crippen LogP contribution in [-0.2, 0) is 22.6 Å². The van der Waals surface area contributed by atoms with Gasteiger partial charge in [0.25, 0.3) is 0 Å². The Morgan fingerprint density at radius 3 is 2.61 bits per heavy atom. The van der Waals surface area contributed by atoms with Crippen LogP contribution in [0, 0.1) is 0 Å². The maximum absolute atomic E-state index is 12.3. The van der Waals surface area contributed by atoms with E-state index in [0.717, 1.165) is 57.0 Å². The van der Waals surface area contributed by atoms with Crippen LogP contribution in [0.4, 0.5) is 0 Å². The SMILES string of the molecule is CCCC(=O)N1CCn2cc(CC(=O)N3CCCC3)nc2[C@@H]1C. The second-order valence-electron chi connectivity index (χ2n) is 6.56. The highest BCUT2D eigenvalue weighted by atomic mass is 16.2. The summed E-state index contributed by atoms with van der Waals surface area (Å²) in [6.07, 6.45) is 6.03. The molecule has 0 saturated carbocycles. The highest BCUT2D eigenvalue weighted by Crippen LogP contribution is 2.25. The molecule has 0 spiro atoms. The topological polar surface area (TPSA) is 58.4 Å². The highest BCUT2D eigenvalue weighted by Gasteiger charge is 2.29. The summed E-state index contributed by atoms with van der Waals surface area (Å²) in [5.41, 5.74) is 0.827. The van der Waals surface area contributed by atoms with E-state index in [-0.39, 0.29) is 17.9 Å². The largest absolute Gasteiger partial charge is 0.342 e. The summed E-state index contributed by atoms with van der Waals surface area (Å²) in [5, 5.41) is 0. The fourth-order valence-electron chi connectivity index (χ4n) is 3.56. The first-order valence-electron chi connectivity index (χ1n) is 8.73. The summed E-state index contributed by atoms with van der Waals surface area (Å²) in [7, 11) is 0. The Labute approximate surface area is 137 Å². The number of carbonyl (C=O) groups is 2. The van der Waals surface area contributed by atoms with E-state index in [1.807, 2.05) is 29.8 Å². The molecule has 3 rings (SSSR count). The van der Waals surface area contributed by atoms with Crippen molar-refractivity contribution in [1.82, 2.24) is 19.4 Å². The van der Waals surface area contributed by atoms with Crippen LogP contribution in [-0.4, -0.2) is 50.8 Å². The quantitative estimate of drug-likeness (QED) is 0.850. The van der Waals surface area contributed by atoms with Crippen LogP contribution < -0.4 is 0 Å². The molecule has 6 nitrogen and oxygen atoms in total. The van der Waals surface area contributed by atoms with Crippen LogP contribution in [0.3, 0.4) is 0 Å². The zero-order valence-corrected chi connectivity index (χ0v) is 14.1. The molecule has 126 valence electrons. The molecule has 3 heterocycles.